The Hall–Kier alpha value is -2.73. The van der Waals surface area contributed by atoms with E-state index in [1.165, 1.54) is 6.07 Å². The molecule has 0 fully saturated rings. The van der Waals surface area contributed by atoms with E-state index < -0.39 is 0 Å². The Morgan fingerprint density at radius 3 is 2.48 bits per heavy atom. The maximum absolute atomic E-state index is 14.2. The van der Waals surface area contributed by atoms with E-state index in [2.05, 4.69) is 25.9 Å². The normalized spacial score (nSPS) is 11.0. The molecule has 0 aliphatic rings. The summed E-state index contributed by atoms with van der Waals surface area (Å²) in [5.74, 6) is 0.112. The van der Waals surface area contributed by atoms with Gasteiger partial charge < -0.3 is 4.74 Å². The molecule has 0 N–H and O–H groups in total. The van der Waals surface area contributed by atoms with Crippen LogP contribution in [-0.2, 0) is 6.61 Å². The van der Waals surface area contributed by atoms with Crippen LogP contribution in [0.15, 0.2) is 71.5 Å². The Kier molecular flexibility index (Phi) is 4.19. The lowest BCUT2D eigenvalue weighted by molar-refractivity contribution is 0.295. The van der Waals surface area contributed by atoms with Crippen LogP contribution < -0.4 is 4.74 Å². The molecule has 0 aliphatic carbocycles. The number of ether oxygens (including phenoxy) is 1. The summed E-state index contributed by atoms with van der Waals surface area (Å²) in [6, 6.07) is 19.9. The van der Waals surface area contributed by atoms with Crippen LogP contribution in [0, 0.1) is 5.82 Å². The number of hydrogen-bond acceptors (Lipinski definition) is 3. The second-order valence-electron chi connectivity index (χ2n) is 5.43. The molecule has 6 heteroatoms. The van der Waals surface area contributed by atoms with Crippen molar-refractivity contribution < 1.29 is 9.13 Å². The summed E-state index contributed by atoms with van der Waals surface area (Å²) in [6.45, 7) is 0.411. The maximum Gasteiger partial charge on any atom is 0.215 e. The molecule has 0 amide bonds. The van der Waals surface area contributed by atoms with Gasteiger partial charge in [-0.25, -0.2) is 9.37 Å². The predicted molar refractivity (Wildman–Crippen MR) is 97.3 cm³/mol. The van der Waals surface area contributed by atoms with Gasteiger partial charge in [-0.05, 0) is 39.7 Å². The van der Waals surface area contributed by atoms with Crippen molar-refractivity contribution in [3.63, 3.8) is 0 Å². The molecule has 0 aliphatic heterocycles. The van der Waals surface area contributed by atoms with E-state index in [1.807, 2.05) is 36.4 Å². The topological polar surface area (TPSA) is 39.9 Å². The third-order valence-corrected chi connectivity index (χ3v) is 4.29. The first kappa shape index (κ1) is 15.8. The summed E-state index contributed by atoms with van der Waals surface area (Å²) < 4.78 is 22.1. The molecule has 0 saturated heterocycles. The fourth-order valence-electron chi connectivity index (χ4n) is 2.57. The number of rotatable bonds is 4. The molecule has 2 aromatic heterocycles. The van der Waals surface area contributed by atoms with Crippen LogP contribution in [0.25, 0.3) is 16.9 Å². The van der Waals surface area contributed by atoms with Crippen LogP contribution in [0.5, 0.6) is 5.88 Å². The van der Waals surface area contributed by atoms with Crippen molar-refractivity contribution in [2.24, 2.45) is 0 Å². The van der Waals surface area contributed by atoms with Crippen LogP contribution >= 0.6 is 15.9 Å². The first-order valence-electron chi connectivity index (χ1n) is 7.69. The van der Waals surface area contributed by atoms with Gasteiger partial charge in [-0.15, -0.1) is 0 Å². The largest absolute Gasteiger partial charge is 0.473 e. The number of halogens is 2. The number of hydrogen-bond donors (Lipinski definition) is 0. The molecule has 0 unspecified atom stereocenters. The third-order valence-electron chi connectivity index (χ3n) is 3.76. The first-order valence-corrected chi connectivity index (χ1v) is 8.48. The van der Waals surface area contributed by atoms with Gasteiger partial charge in [-0.1, -0.05) is 42.5 Å². The van der Waals surface area contributed by atoms with Crippen molar-refractivity contribution in [1.82, 2.24) is 14.5 Å². The average Bonchev–Trinajstić information content (AvgIpc) is 2.96. The summed E-state index contributed by atoms with van der Waals surface area (Å²) >= 11 is 3.39. The Morgan fingerprint density at radius 1 is 0.920 bits per heavy atom. The minimum absolute atomic E-state index is 0.347. The second kappa shape index (κ2) is 6.64. The van der Waals surface area contributed by atoms with Crippen LogP contribution in [0.4, 0.5) is 4.39 Å². The van der Waals surface area contributed by atoms with Crippen LogP contribution in [0.3, 0.4) is 0 Å². The number of imidazole rings is 1. The number of pyridine rings is 1. The summed E-state index contributed by atoms with van der Waals surface area (Å²) in [4.78, 5) is 8.90. The molecule has 25 heavy (non-hydrogen) atoms. The maximum atomic E-state index is 14.2. The molecule has 0 bridgehead atoms. The van der Waals surface area contributed by atoms with Gasteiger partial charge in [-0.3, -0.25) is 4.57 Å². The highest BCUT2D eigenvalue weighted by atomic mass is 79.9. The van der Waals surface area contributed by atoms with Crippen molar-refractivity contribution in [2.75, 3.05) is 0 Å². The van der Waals surface area contributed by atoms with Crippen molar-refractivity contribution in [2.45, 2.75) is 6.61 Å². The highest BCUT2D eigenvalue weighted by Gasteiger charge is 2.15. The molecule has 0 spiro atoms. The van der Waals surface area contributed by atoms with E-state index in [9.17, 15) is 4.39 Å². The van der Waals surface area contributed by atoms with Gasteiger partial charge in [0.1, 0.15) is 17.9 Å². The zero-order valence-corrected chi connectivity index (χ0v) is 14.6. The lowest BCUT2D eigenvalue weighted by atomic mass is 10.2. The molecule has 4 nitrogen and oxygen atoms in total. The number of para-hydroxylation sites is 1. The van der Waals surface area contributed by atoms with E-state index in [1.54, 1.807) is 28.8 Å². The quantitative estimate of drug-likeness (QED) is 0.491. The van der Waals surface area contributed by atoms with Crippen LogP contribution in [-0.4, -0.2) is 14.5 Å². The monoisotopic (exact) mass is 397 g/mol. The van der Waals surface area contributed by atoms with E-state index in [0.29, 0.717) is 34.1 Å². The molecule has 2 heterocycles. The Morgan fingerprint density at radius 2 is 1.68 bits per heavy atom. The fourth-order valence-corrected chi connectivity index (χ4v) is 3.12. The number of aromatic nitrogens is 3. The van der Waals surface area contributed by atoms with Crippen LogP contribution in [0.2, 0.25) is 0 Å². The van der Waals surface area contributed by atoms with Gasteiger partial charge in [0.15, 0.2) is 10.4 Å². The molecule has 0 saturated carbocycles. The van der Waals surface area contributed by atoms with Gasteiger partial charge in [0.25, 0.3) is 0 Å². The van der Waals surface area contributed by atoms with Gasteiger partial charge in [0, 0.05) is 6.07 Å². The van der Waals surface area contributed by atoms with Crippen molar-refractivity contribution in [1.29, 1.82) is 0 Å². The Labute approximate surface area is 152 Å². The lowest BCUT2D eigenvalue weighted by Gasteiger charge is -2.08. The Balaban J connectivity index is 1.72. The number of benzene rings is 2. The van der Waals surface area contributed by atoms with Gasteiger partial charge in [0.2, 0.25) is 5.88 Å². The minimum Gasteiger partial charge on any atom is -0.473 e. The number of nitrogens with zero attached hydrogens (tertiary/aromatic N) is 3. The average molecular weight is 398 g/mol. The smallest absolute Gasteiger partial charge is 0.215 e. The second-order valence-corrected chi connectivity index (χ2v) is 6.14. The molecule has 2 aromatic carbocycles. The molecule has 124 valence electrons. The summed E-state index contributed by atoms with van der Waals surface area (Å²) in [5.41, 5.74) is 2.61. The highest BCUT2D eigenvalue weighted by molar-refractivity contribution is 9.10. The molecule has 4 aromatic rings. The minimum atomic E-state index is -0.347. The van der Waals surface area contributed by atoms with E-state index in [-0.39, 0.29) is 5.82 Å². The zero-order chi connectivity index (χ0) is 17.2. The molecular weight excluding hydrogens is 385 g/mol. The molecule has 4 rings (SSSR count). The highest BCUT2D eigenvalue weighted by Crippen LogP contribution is 2.27. The Bertz CT molecular complexity index is 1030. The zero-order valence-electron chi connectivity index (χ0n) is 13.1. The molecule has 0 radical (unpaired) electrons. The van der Waals surface area contributed by atoms with Gasteiger partial charge in [0.05, 0.1) is 5.69 Å². The van der Waals surface area contributed by atoms with E-state index in [4.69, 9.17) is 4.74 Å². The third kappa shape index (κ3) is 3.13. The fraction of sp³-hybridized carbons (Fsp3) is 0.0526. The summed E-state index contributed by atoms with van der Waals surface area (Å²) in [6.07, 6.45) is 0. The standard InChI is InChI=1S/C19H13BrFN3O/c20-19-22-15-10-11-17(25-12-13-6-2-1-3-7-13)23-18(15)24(19)16-9-5-4-8-14(16)21/h1-11H,12H2. The predicted octanol–water partition coefficient (Wildman–Crippen LogP) is 4.90. The lowest BCUT2D eigenvalue weighted by Crippen LogP contribution is -2.01. The van der Waals surface area contributed by atoms with E-state index >= 15 is 0 Å². The van der Waals surface area contributed by atoms with Crippen LogP contribution in [0.1, 0.15) is 5.56 Å². The van der Waals surface area contributed by atoms with Gasteiger partial charge in [-0.2, -0.15) is 4.98 Å². The molecule has 0 atom stereocenters. The van der Waals surface area contributed by atoms with Gasteiger partial charge >= 0.3 is 0 Å². The van der Waals surface area contributed by atoms with E-state index in [0.717, 1.165) is 5.56 Å². The summed E-state index contributed by atoms with van der Waals surface area (Å²) in [5, 5.41) is 0. The summed E-state index contributed by atoms with van der Waals surface area (Å²) in [7, 11) is 0. The van der Waals surface area contributed by atoms with Crippen molar-refractivity contribution >= 4 is 27.1 Å². The van der Waals surface area contributed by atoms with Crippen molar-refractivity contribution in [3.05, 3.63) is 82.8 Å². The van der Waals surface area contributed by atoms with Crippen molar-refractivity contribution in [3.8, 4) is 11.6 Å². The number of fused-ring (bicyclic) bond motifs is 1. The SMILES string of the molecule is Fc1ccccc1-n1c(Br)nc2ccc(OCc3ccccc3)nc21. The molecular formula is C19H13BrFN3O. The first-order chi connectivity index (χ1) is 12.2.